The minimum atomic E-state index is 1.04. The molecular weight excluding hydrogens is 244 g/mol. The second-order valence-corrected chi connectivity index (χ2v) is 5.25. The molecule has 4 aromatic rings. The largest absolute Gasteiger partial charge is 0.256 e. The van der Waals surface area contributed by atoms with Gasteiger partial charge in [-0.1, -0.05) is 18.2 Å². The van der Waals surface area contributed by atoms with Crippen LogP contribution in [0.2, 0.25) is 0 Å². The van der Waals surface area contributed by atoms with Gasteiger partial charge in [-0.25, -0.2) is 0 Å². The quantitative estimate of drug-likeness (QED) is 0.432. The number of fused-ring (bicyclic) bond motifs is 6. The van der Waals surface area contributed by atoms with Gasteiger partial charge in [-0.15, -0.1) is 0 Å². The van der Waals surface area contributed by atoms with Crippen LogP contribution in [-0.4, -0.2) is 9.97 Å². The summed E-state index contributed by atoms with van der Waals surface area (Å²) in [5, 5.41) is 4.87. The Morgan fingerprint density at radius 1 is 0.650 bits per heavy atom. The first-order valence-corrected chi connectivity index (χ1v) is 6.78. The highest BCUT2D eigenvalue weighted by atomic mass is 14.7. The third kappa shape index (κ3) is 1.39. The number of benzene rings is 2. The fraction of sp³-hybridized carbons (Fsp3) is 0.111. The molecule has 4 rings (SSSR count). The topological polar surface area (TPSA) is 25.8 Å². The Kier molecular flexibility index (Phi) is 2.27. The van der Waals surface area contributed by atoms with E-state index in [0.29, 0.717) is 0 Å². The van der Waals surface area contributed by atoms with Crippen molar-refractivity contribution < 1.29 is 0 Å². The Bertz CT molecular complexity index is 891. The summed E-state index contributed by atoms with van der Waals surface area (Å²) < 4.78 is 0. The first-order valence-electron chi connectivity index (χ1n) is 6.78. The second kappa shape index (κ2) is 4.01. The van der Waals surface area contributed by atoms with Crippen LogP contribution >= 0.6 is 0 Å². The number of rotatable bonds is 0. The van der Waals surface area contributed by atoms with Crippen LogP contribution in [0, 0.1) is 13.8 Å². The van der Waals surface area contributed by atoms with E-state index >= 15 is 0 Å². The van der Waals surface area contributed by atoms with Gasteiger partial charge in [-0.05, 0) is 48.6 Å². The van der Waals surface area contributed by atoms with Gasteiger partial charge < -0.3 is 0 Å². The van der Waals surface area contributed by atoms with Gasteiger partial charge in [0.15, 0.2) is 0 Å². The molecule has 0 bridgehead atoms. The molecule has 2 heteroatoms. The Balaban J connectivity index is 2.49. The van der Waals surface area contributed by atoms with Crippen molar-refractivity contribution in [2.24, 2.45) is 0 Å². The molecular formula is C18H14N2. The maximum absolute atomic E-state index is 4.62. The zero-order valence-electron chi connectivity index (χ0n) is 11.5. The van der Waals surface area contributed by atoms with Gasteiger partial charge in [0.2, 0.25) is 0 Å². The molecule has 2 nitrogen and oxygen atoms in total. The van der Waals surface area contributed by atoms with Crippen molar-refractivity contribution in [1.82, 2.24) is 9.97 Å². The normalized spacial score (nSPS) is 11.5. The highest BCUT2D eigenvalue weighted by Gasteiger charge is 2.12. The lowest BCUT2D eigenvalue weighted by molar-refractivity contribution is 1.39. The van der Waals surface area contributed by atoms with Crippen LogP contribution < -0.4 is 0 Å². The van der Waals surface area contributed by atoms with E-state index in [1.807, 2.05) is 24.5 Å². The van der Waals surface area contributed by atoms with Crippen LogP contribution in [0.4, 0.5) is 0 Å². The third-order valence-electron chi connectivity index (χ3n) is 4.00. The summed E-state index contributed by atoms with van der Waals surface area (Å²) in [6.45, 7) is 4.31. The molecule has 0 spiro atoms. The molecule has 0 atom stereocenters. The molecule has 0 unspecified atom stereocenters. The van der Waals surface area contributed by atoms with E-state index in [4.69, 9.17) is 0 Å². The first kappa shape index (κ1) is 11.4. The van der Waals surface area contributed by atoms with Gasteiger partial charge >= 0.3 is 0 Å². The van der Waals surface area contributed by atoms with Crippen molar-refractivity contribution in [1.29, 1.82) is 0 Å². The molecule has 20 heavy (non-hydrogen) atoms. The smallest absolute Gasteiger partial charge is 0.0805 e. The maximum Gasteiger partial charge on any atom is 0.0805 e. The zero-order valence-corrected chi connectivity index (χ0v) is 11.5. The lowest BCUT2D eigenvalue weighted by atomic mass is 9.94. The number of aryl methyl sites for hydroxylation is 2. The lowest BCUT2D eigenvalue weighted by Gasteiger charge is -2.12. The van der Waals surface area contributed by atoms with Gasteiger partial charge in [0.1, 0.15) is 0 Å². The summed E-state index contributed by atoms with van der Waals surface area (Å²) >= 11 is 0. The molecule has 0 saturated carbocycles. The number of aromatic nitrogens is 2. The van der Waals surface area contributed by atoms with Crippen molar-refractivity contribution in [2.75, 3.05) is 0 Å². The summed E-state index contributed by atoms with van der Waals surface area (Å²) in [5.41, 5.74) is 4.63. The molecule has 2 aromatic heterocycles. The first-order chi connectivity index (χ1) is 9.77. The van der Waals surface area contributed by atoms with Gasteiger partial charge in [0.25, 0.3) is 0 Å². The monoisotopic (exact) mass is 258 g/mol. The van der Waals surface area contributed by atoms with Crippen LogP contribution in [0.1, 0.15) is 11.1 Å². The van der Waals surface area contributed by atoms with Crippen LogP contribution in [0.3, 0.4) is 0 Å². The van der Waals surface area contributed by atoms with E-state index in [2.05, 4.69) is 48.1 Å². The molecule has 0 saturated heterocycles. The molecule has 0 aliphatic rings. The molecule has 0 radical (unpaired) electrons. The van der Waals surface area contributed by atoms with E-state index < -0.39 is 0 Å². The van der Waals surface area contributed by atoms with Gasteiger partial charge in [0.05, 0.1) is 11.0 Å². The van der Waals surface area contributed by atoms with Crippen LogP contribution in [0.15, 0.2) is 48.8 Å². The van der Waals surface area contributed by atoms with E-state index in [1.54, 1.807) is 0 Å². The molecule has 0 N–H and O–H groups in total. The highest BCUT2D eigenvalue weighted by Crippen LogP contribution is 2.35. The predicted octanol–water partition coefficient (Wildman–Crippen LogP) is 4.55. The summed E-state index contributed by atoms with van der Waals surface area (Å²) in [4.78, 5) is 9.21. The minimum absolute atomic E-state index is 1.04. The van der Waals surface area contributed by atoms with E-state index in [1.165, 1.54) is 27.3 Å². The van der Waals surface area contributed by atoms with E-state index in [0.717, 1.165) is 16.4 Å². The van der Waals surface area contributed by atoms with Gasteiger partial charge in [-0.2, -0.15) is 0 Å². The zero-order chi connectivity index (χ0) is 13.7. The molecule has 2 aromatic carbocycles. The maximum atomic E-state index is 4.62. The van der Waals surface area contributed by atoms with Crippen molar-refractivity contribution in [3.63, 3.8) is 0 Å². The number of hydrogen-bond donors (Lipinski definition) is 0. The molecule has 0 aliphatic heterocycles. The third-order valence-corrected chi connectivity index (χ3v) is 4.00. The van der Waals surface area contributed by atoms with Crippen molar-refractivity contribution >= 4 is 32.6 Å². The fourth-order valence-electron chi connectivity index (χ4n) is 3.08. The Morgan fingerprint density at radius 3 is 2.00 bits per heavy atom. The summed E-state index contributed by atoms with van der Waals surface area (Å²) in [6.07, 6.45) is 3.71. The SMILES string of the molecule is Cc1ccc(C)c2c3ncccc3c3ncccc3c12. The van der Waals surface area contributed by atoms with Crippen molar-refractivity contribution in [3.05, 3.63) is 59.9 Å². The average Bonchev–Trinajstić information content (AvgIpc) is 2.50. The summed E-state index contributed by atoms with van der Waals surface area (Å²) in [7, 11) is 0. The number of pyridine rings is 2. The molecule has 0 amide bonds. The van der Waals surface area contributed by atoms with Crippen LogP contribution in [0.5, 0.6) is 0 Å². The predicted molar refractivity (Wildman–Crippen MR) is 84.0 cm³/mol. The molecule has 2 heterocycles. The average molecular weight is 258 g/mol. The summed E-state index contributed by atoms with van der Waals surface area (Å²) in [6, 6.07) is 12.6. The standard InChI is InChI=1S/C18H14N2/c1-11-7-8-12(2)16-15(11)13-5-3-9-19-17(13)14-6-4-10-20-18(14)16/h3-10H,1-2H3. The van der Waals surface area contributed by atoms with Gasteiger partial charge in [-0.3, -0.25) is 9.97 Å². The molecule has 0 aliphatic carbocycles. The molecule has 96 valence electrons. The van der Waals surface area contributed by atoms with Gasteiger partial charge in [0, 0.05) is 28.6 Å². The Labute approximate surface area is 117 Å². The van der Waals surface area contributed by atoms with E-state index in [9.17, 15) is 0 Å². The Hall–Kier alpha value is -2.48. The molecule has 0 fully saturated rings. The minimum Gasteiger partial charge on any atom is -0.256 e. The van der Waals surface area contributed by atoms with E-state index in [-0.39, 0.29) is 0 Å². The van der Waals surface area contributed by atoms with Crippen LogP contribution in [0.25, 0.3) is 32.6 Å². The fourth-order valence-corrected chi connectivity index (χ4v) is 3.08. The summed E-state index contributed by atoms with van der Waals surface area (Å²) in [5.74, 6) is 0. The number of hydrogen-bond acceptors (Lipinski definition) is 2. The highest BCUT2D eigenvalue weighted by molar-refractivity contribution is 6.24. The second-order valence-electron chi connectivity index (χ2n) is 5.25. The number of nitrogens with zero attached hydrogens (tertiary/aromatic N) is 2. The van der Waals surface area contributed by atoms with Crippen molar-refractivity contribution in [2.45, 2.75) is 13.8 Å². The van der Waals surface area contributed by atoms with Crippen molar-refractivity contribution in [3.8, 4) is 0 Å². The Morgan fingerprint density at radius 2 is 1.25 bits per heavy atom. The lowest BCUT2D eigenvalue weighted by Crippen LogP contribution is -1.91. The van der Waals surface area contributed by atoms with Crippen LogP contribution in [-0.2, 0) is 0 Å².